The van der Waals surface area contributed by atoms with Gasteiger partial charge in [0.15, 0.2) is 5.78 Å². The Morgan fingerprint density at radius 2 is 1.94 bits per heavy atom. The molecule has 0 bridgehead atoms. The zero-order valence-electron chi connectivity index (χ0n) is 10.2. The first-order chi connectivity index (χ1) is 7.58. The van der Waals surface area contributed by atoms with Crippen LogP contribution in [0.25, 0.3) is 5.57 Å². The normalized spacial score (nSPS) is 20.8. The van der Waals surface area contributed by atoms with Crippen molar-refractivity contribution in [1.29, 1.82) is 0 Å². The minimum atomic E-state index is 0.270. The average Bonchev–Trinajstić information content (AvgIpc) is 2.26. The van der Waals surface area contributed by atoms with Crippen molar-refractivity contribution in [1.82, 2.24) is 0 Å². The summed E-state index contributed by atoms with van der Waals surface area (Å²) in [4.78, 5) is 11.5. The molecule has 0 saturated carbocycles. The summed E-state index contributed by atoms with van der Waals surface area (Å²) in [5.41, 5.74) is 5.02. The van der Waals surface area contributed by atoms with Crippen LogP contribution in [0.5, 0.6) is 0 Å². The van der Waals surface area contributed by atoms with Crippen LogP contribution in [0.15, 0.2) is 24.3 Å². The number of carbonyl (C=O) groups excluding carboxylic acids is 1. The van der Waals surface area contributed by atoms with Gasteiger partial charge < -0.3 is 0 Å². The van der Waals surface area contributed by atoms with E-state index in [9.17, 15) is 4.79 Å². The standard InChI is InChI=1S/C15H18O/c1-10-4-6-13(8-12(10)3)15-9-14(16)7-5-11(15)2/h4,6,8-9,11H,5,7H2,1-3H3. The van der Waals surface area contributed by atoms with Crippen molar-refractivity contribution in [2.45, 2.75) is 33.6 Å². The third-order valence-corrected chi connectivity index (χ3v) is 3.51. The Bertz CT molecular complexity index is 455. The maximum Gasteiger partial charge on any atom is 0.156 e. The molecule has 1 heteroatoms. The van der Waals surface area contributed by atoms with Crippen molar-refractivity contribution >= 4 is 11.4 Å². The number of hydrogen-bond donors (Lipinski definition) is 0. The SMILES string of the molecule is Cc1ccc(C2=CC(=O)CCC2C)cc1C. The molecule has 0 radical (unpaired) electrons. The smallest absolute Gasteiger partial charge is 0.156 e. The largest absolute Gasteiger partial charge is 0.295 e. The Morgan fingerprint density at radius 3 is 2.62 bits per heavy atom. The van der Waals surface area contributed by atoms with Crippen molar-refractivity contribution in [2.75, 3.05) is 0 Å². The third kappa shape index (κ3) is 2.08. The summed E-state index contributed by atoms with van der Waals surface area (Å²) < 4.78 is 0. The molecule has 1 unspecified atom stereocenters. The Hall–Kier alpha value is -1.37. The lowest BCUT2D eigenvalue weighted by Crippen LogP contribution is -2.10. The molecule has 0 amide bonds. The molecule has 0 heterocycles. The second-order valence-electron chi connectivity index (χ2n) is 4.80. The third-order valence-electron chi connectivity index (χ3n) is 3.51. The first kappa shape index (κ1) is 11.1. The molecule has 1 aliphatic rings. The summed E-state index contributed by atoms with van der Waals surface area (Å²) in [6.07, 6.45) is 3.52. The van der Waals surface area contributed by atoms with Gasteiger partial charge in [-0.25, -0.2) is 0 Å². The minimum absolute atomic E-state index is 0.270. The average molecular weight is 214 g/mol. The maximum atomic E-state index is 11.5. The van der Waals surface area contributed by atoms with E-state index in [4.69, 9.17) is 0 Å². The van der Waals surface area contributed by atoms with Crippen molar-refractivity contribution in [2.24, 2.45) is 5.92 Å². The van der Waals surface area contributed by atoms with Gasteiger partial charge in [0.25, 0.3) is 0 Å². The fraction of sp³-hybridized carbons (Fsp3) is 0.400. The van der Waals surface area contributed by atoms with Gasteiger partial charge in [0.05, 0.1) is 0 Å². The van der Waals surface area contributed by atoms with E-state index in [2.05, 4.69) is 39.0 Å². The number of ketones is 1. The molecule has 16 heavy (non-hydrogen) atoms. The van der Waals surface area contributed by atoms with Crippen LogP contribution in [0.4, 0.5) is 0 Å². The van der Waals surface area contributed by atoms with E-state index in [1.807, 2.05) is 6.08 Å². The van der Waals surface area contributed by atoms with Crippen LogP contribution in [-0.2, 0) is 4.79 Å². The predicted molar refractivity (Wildman–Crippen MR) is 67.3 cm³/mol. The van der Waals surface area contributed by atoms with Crippen molar-refractivity contribution in [3.63, 3.8) is 0 Å². The van der Waals surface area contributed by atoms with Crippen LogP contribution < -0.4 is 0 Å². The second kappa shape index (κ2) is 4.25. The van der Waals surface area contributed by atoms with Gasteiger partial charge in [-0.05, 0) is 54.5 Å². The number of rotatable bonds is 1. The lowest BCUT2D eigenvalue weighted by atomic mass is 9.84. The van der Waals surface area contributed by atoms with E-state index in [0.717, 1.165) is 6.42 Å². The zero-order valence-corrected chi connectivity index (χ0v) is 10.2. The van der Waals surface area contributed by atoms with Gasteiger partial charge in [-0.2, -0.15) is 0 Å². The van der Waals surface area contributed by atoms with Gasteiger partial charge in [0.2, 0.25) is 0 Å². The van der Waals surface area contributed by atoms with E-state index in [1.54, 1.807) is 0 Å². The van der Waals surface area contributed by atoms with Crippen LogP contribution >= 0.6 is 0 Å². The fourth-order valence-electron chi connectivity index (χ4n) is 2.19. The van der Waals surface area contributed by atoms with Gasteiger partial charge in [0.1, 0.15) is 0 Å². The van der Waals surface area contributed by atoms with Crippen molar-refractivity contribution in [3.8, 4) is 0 Å². The lowest BCUT2D eigenvalue weighted by molar-refractivity contribution is -0.115. The monoisotopic (exact) mass is 214 g/mol. The first-order valence-electron chi connectivity index (χ1n) is 5.90. The molecule has 0 fully saturated rings. The summed E-state index contributed by atoms with van der Waals surface area (Å²) in [6.45, 7) is 6.44. The molecule has 0 aromatic heterocycles. The lowest BCUT2D eigenvalue weighted by Gasteiger charge is -2.20. The minimum Gasteiger partial charge on any atom is -0.295 e. The molecule has 1 atom stereocenters. The Morgan fingerprint density at radius 1 is 1.19 bits per heavy atom. The molecule has 1 nitrogen and oxygen atoms in total. The Labute approximate surface area is 97.2 Å². The highest BCUT2D eigenvalue weighted by Gasteiger charge is 2.18. The van der Waals surface area contributed by atoms with Gasteiger partial charge in [-0.3, -0.25) is 4.79 Å². The second-order valence-corrected chi connectivity index (χ2v) is 4.80. The maximum absolute atomic E-state index is 11.5. The van der Waals surface area contributed by atoms with Crippen LogP contribution in [0, 0.1) is 19.8 Å². The van der Waals surface area contributed by atoms with E-state index < -0.39 is 0 Å². The zero-order chi connectivity index (χ0) is 11.7. The number of hydrogen-bond acceptors (Lipinski definition) is 1. The molecule has 0 N–H and O–H groups in total. The van der Waals surface area contributed by atoms with Crippen LogP contribution in [0.1, 0.15) is 36.5 Å². The fourth-order valence-corrected chi connectivity index (χ4v) is 2.19. The summed E-state index contributed by atoms with van der Waals surface area (Å²) in [7, 11) is 0. The van der Waals surface area contributed by atoms with Gasteiger partial charge in [0, 0.05) is 6.42 Å². The van der Waals surface area contributed by atoms with Crippen LogP contribution in [0.2, 0.25) is 0 Å². The number of benzene rings is 1. The quantitative estimate of drug-likeness (QED) is 0.697. The van der Waals surface area contributed by atoms with E-state index in [1.165, 1.54) is 22.3 Å². The predicted octanol–water partition coefficient (Wildman–Crippen LogP) is 3.69. The van der Waals surface area contributed by atoms with Crippen LogP contribution in [0.3, 0.4) is 0 Å². The molecular formula is C15H18O. The Kier molecular flexibility index (Phi) is 2.95. The molecular weight excluding hydrogens is 196 g/mol. The number of allylic oxidation sites excluding steroid dienone is 2. The summed E-state index contributed by atoms with van der Waals surface area (Å²) in [5, 5.41) is 0. The van der Waals surface area contributed by atoms with E-state index >= 15 is 0 Å². The molecule has 1 aromatic carbocycles. The summed E-state index contributed by atoms with van der Waals surface area (Å²) in [5.74, 6) is 0.770. The molecule has 1 aromatic rings. The van der Waals surface area contributed by atoms with Crippen LogP contribution in [-0.4, -0.2) is 5.78 Å². The molecule has 1 aliphatic carbocycles. The number of aryl methyl sites for hydroxylation is 2. The van der Waals surface area contributed by atoms with Gasteiger partial charge >= 0.3 is 0 Å². The molecule has 0 spiro atoms. The van der Waals surface area contributed by atoms with Crippen molar-refractivity contribution in [3.05, 3.63) is 41.0 Å². The molecule has 0 aliphatic heterocycles. The molecule has 2 rings (SSSR count). The summed E-state index contributed by atoms with van der Waals surface area (Å²) >= 11 is 0. The molecule has 0 saturated heterocycles. The van der Waals surface area contributed by atoms with Gasteiger partial charge in [-0.1, -0.05) is 25.1 Å². The van der Waals surface area contributed by atoms with Gasteiger partial charge in [-0.15, -0.1) is 0 Å². The van der Waals surface area contributed by atoms with E-state index in [0.29, 0.717) is 12.3 Å². The highest BCUT2D eigenvalue weighted by molar-refractivity contribution is 5.98. The highest BCUT2D eigenvalue weighted by Crippen LogP contribution is 2.31. The highest BCUT2D eigenvalue weighted by atomic mass is 16.1. The number of carbonyl (C=O) groups is 1. The summed E-state index contributed by atoms with van der Waals surface area (Å²) in [6, 6.07) is 6.46. The van der Waals surface area contributed by atoms with E-state index in [-0.39, 0.29) is 5.78 Å². The molecule has 84 valence electrons. The first-order valence-corrected chi connectivity index (χ1v) is 5.90. The topological polar surface area (TPSA) is 17.1 Å². The Balaban J connectivity index is 2.43. The van der Waals surface area contributed by atoms with Crippen molar-refractivity contribution < 1.29 is 4.79 Å².